The van der Waals surface area contributed by atoms with Crippen LogP contribution in [0.3, 0.4) is 0 Å². The zero-order valence-electron chi connectivity index (χ0n) is 15.5. The summed E-state index contributed by atoms with van der Waals surface area (Å²) in [7, 11) is 1.67. The van der Waals surface area contributed by atoms with E-state index in [1.807, 2.05) is 0 Å². The van der Waals surface area contributed by atoms with Crippen molar-refractivity contribution < 1.29 is 14.0 Å². The number of carbonyl (C=O) groups excluding carboxylic acids is 2. The molecule has 6 heteroatoms. The van der Waals surface area contributed by atoms with Gasteiger partial charge >= 0.3 is 0 Å². The highest BCUT2D eigenvalue weighted by Crippen LogP contribution is 2.19. The van der Waals surface area contributed by atoms with Gasteiger partial charge in [0.15, 0.2) is 5.78 Å². The van der Waals surface area contributed by atoms with Crippen molar-refractivity contribution in [3.63, 3.8) is 0 Å². The first kappa shape index (κ1) is 19.1. The molecule has 5 nitrogen and oxygen atoms in total. The Hall–Kier alpha value is -3.72. The van der Waals surface area contributed by atoms with Gasteiger partial charge in [-0.15, -0.1) is 0 Å². The average Bonchev–Trinajstić information content (AvgIpc) is 3.08. The van der Waals surface area contributed by atoms with E-state index >= 15 is 0 Å². The van der Waals surface area contributed by atoms with E-state index in [-0.39, 0.29) is 24.1 Å². The van der Waals surface area contributed by atoms with Gasteiger partial charge in [0, 0.05) is 23.7 Å². The molecule has 1 N–H and O–H groups in total. The third-order valence-corrected chi connectivity index (χ3v) is 4.11. The van der Waals surface area contributed by atoms with Gasteiger partial charge in [-0.05, 0) is 49.4 Å². The van der Waals surface area contributed by atoms with Crippen molar-refractivity contribution in [2.24, 2.45) is 7.05 Å². The van der Waals surface area contributed by atoms with Gasteiger partial charge < -0.3 is 5.32 Å². The molecule has 0 aliphatic carbocycles. The van der Waals surface area contributed by atoms with E-state index in [1.54, 1.807) is 49.5 Å². The summed E-state index contributed by atoms with van der Waals surface area (Å²) in [5, 5.41) is 7.03. The van der Waals surface area contributed by atoms with Gasteiger partial charge in [-0.2, -0.15) is 5.10 Å². The molecule has 140 valence electrons. The summed E-state index contributed by atoms with van der Waals surface area (Å²) in [5.74, 6) is 5.19. The van der Waals surface area contributed by atoms with Gasteiger partial charge in [0.1, 0.15) is 11.5 Å². The smallest absolute Gasteiger partial charge is 0.270 e. The van der Waals surface area contributed by atoms with Gasteiger partial charge in [-0.1, -0.05) is 24.0 Å². The standard InChI is InChI=1S/C22H18FN3O2/c1-15(27)17-7-5-16(6-8-17)4-3-13-24-22(28)21-14-20(25-26(21)2)18-9-11-19(23)12-10-18/h5-12,14H,13H2,1-2H3,(H,24,28). The highest BCUT2D eigenvalue weighted by molar-refractivity contribution is 5.94. The molecule has 0 unspecified atom stereocenters. The number of Topliss-reactive ketones (excluding diaryl/α,β-unsaturated/α-hetero) is 1. The van der Waals surface area contributed by atoms with E-state index in [1.165, 1.54) is 23.7 Å². The molecular weight excluding hydrogens is 357 g/mol. The number of aryl methyl sites for hydroxylation is 1. The van der Waals surface area contributed by atoms with Crippen molar-refractivity contribution in [3.8, 4) is 23.1 Å². The number of nitrogens with zero attached hydrogens (tertiary/aromatic N) is 2. The molecule has 2 aromatic carbocycles. The Morgan fingerprint density at radius 2 is 1.79 bits per heavy atom. The summed E-state index contributed by atoms with van der Waals surface area (Å²) in [5.41, 5.74) is 3.09. The SMILES string of the molecule is CC(=O)c1ccc(C#CCNC(=O)c2cc(-c3ccc(F)cc3)nn2C)cc1. The minimum atomic E-state index is -0.327. The van der Waals surface area contributed by atoms with Crippen LogP contribution in [0.15, 0.2) is 54.6 Å². The van der Waals surface area contributed by atoms with E-state index in [0.717, 1.165) is 11.1 Å². The number of hydrogen-bond acceptors (Lipinski definition) is 3. The number of ketones is 1. The zero-order valence-corrected chi connectivity index (χ0v) is 15.5. The normalized spacial score (nSPS) is 10.1. The highest BCUT2D eigenvalue weighted by atomic mass is 19.1. The molecule has 28 heavy (non-hydrogen) atoms. The number of benzene rings is 2. The quantitative estimate of drug-likeness (QED) is 0.563. The number of halogens is 1. The molecule has 1 heterocycles. The highest BCUT2D eigenvalue weighted by Gasteiger charge is 2.13. The second kappa shape index (κ2) is 8.31. The third-order valence-electron chi connectivity index (χ3n) is 4.11. The average molecular weight is 375 g/mol. The van der Waals surface area contributed by atoms with E-state index in [9.17, 15) is 14.0 Å². The van der Waals surface area contributed by atoms with E-state index < -0.39 is 0 Å². The first-order valence-corrected chi connectivity index (χ1v) is 8.62. The lowest BCUT2D eigenvalue weighted by atomic mass is 10.1. The second-order valence-electron chi connectivity index (χ2n) is 6.16. The molecule has 3 rings (SSSR count). The van der Waals surface area contributed by atoms with Crippen molar-refractivity contribution >= 4 is 11.7 Å². The Kier molecular flexibility index (Phi) is 5.66. The Morgan fingerprint density at radius 3 is 2.43 bits per heavy atom. The van der Waals surface area contributed by atoms with Crippen molar-refractivity contribution in [1.29, 1.82) is 0 Å². The van der Waals surface area contributed by atoms with Crippen LogP contribution >= 0.6 is 0 Å². The van der Waals surface area contributed by atoms with Gasteiger partial charge in [0.2, 0.25) is 0 Å². The molecule has 0 saturated heterocycles. The van der Waals surface area contributed by atoms with Crippen LogP contribution in [-0.2, 0) is 7.05 Å². The molecule has 3 aromatic rings. The van der Waals surface area contributed by atoms with Crippen molar-refractivity contribution in [3.05, 3.63) is 77.2 Å². The molecule has 0 spiro atoms. The number of rotatable bonds is 4. The Labute approximate surface area is 162 Å². The lowest BCUT2D eigenvalue weighted by Crippen LogP contribution is -2.25. The number of amides is 1. The van der Waals surface area contributed by atoms with Crippen LogP contribution in [0.1, 0.15) is 33.3 Å². The monoisotopic (exact) mass is 375 g/mol. The molecule has 0 aliphatic heterocycles. The van der Waals surface area contributed by atoms with E-state index in [2.05, 4.69) is 22.3 Å². The summed E-state index contributed by atoms with van der Waals surface area (Å²) in [6.07, 6.45) is 0. The predicted octanol–water partition coefficient (Wildman–Crippen LogP) is 3.21. The van der Waals surface area contributed by atoms with Crippen LogP contribution in [0, 0.1) is 17.7 Å². The second-order valence-corrected chi connectivity index (χ2v) is 6.16. The molecule has 0 fully saturated rings. The summed E-state index contributed by atoms with van der Waals surface area (Å²) in [6, 6.07) is 14.5. The molecular formula is C22H18FN3O2. The Morgan fingerprint density at radius 1 is 1.11 bits per heavy atom. The van der Waals surface area contributed by atoms with E-state index in [0.29, 0.717) is 17.0 Å². The van der Waals surface area contributed by atoms with Gasteiger partial charge in [-0.3, -0.25) is 14.3 Å². The number of nitrogens with one attached hydrogen (secondary N) is 1. The van der Waals surface area contributed by atoms with Crippen LogP contribution in [0.5, 0.6) is 0 Å². The summed E-state index contributed by atoms with van der Waals surface area (Å²) >= 11 is 0. The number of hydrogen-bond donors (Lipinski definition) is 1. The van der Waals surface area contributed by atoms with Crippen LogP contribution < -0.4 is 5.32 Å². The summed E-state index contributed by atoms with van der Waals surface area (Å²) in [6.45, 7) is 1.68. The van der Waals surface area contributed by atoms with Crippen molar-refractivity contribution in [1.82, 2.24) is 15.1 Å². The number of carbonyl (C=O) groups is 2. The molecule has 0 saturated carbocycles. The van der Waals surface area contributed by atoms with Crippen LogP contribution in [-0.4, -0.2) is 28.0 Å². The largest absolute Gasteiger partial charge is 0.340 e. The molecule has 1 aromatic heterocycles. The topological polar surface area (TPSA) is 64.0 Å². The molecule has 0 atom stereocenters. The van der Waals surface area contributed by atoms with Crippen LogP contribution in [0.2, 0.25) is 0 Å². The third kappa shape index (κ3) is 4.51. The molecule has 0 radical (unpaired) electrons. The predicted molar refractivity (Wildman–Crippen MR) is 104 cm³/mol. The zero-order chi connectivity index (χ0) is 20.1. The Balaban J connectivity index is 1.63. The molecule has 1 amide bonds. The number of aromatic nitrogens is 2. The summed E-state index contributed by atoms with van der Waals surface area (Å²) in [4.78, 5) is 23.6. The molecule has 0 aliphatic rings. The summed E-state index contributed by atoms with van der Waals surface area (Å²) < 4.78 is 14.5. The lowest BCUT2D eigenvalue weighted by Gasteiger charge is -2.00. The van der Waals surface area contributed by atoms with Gasteiger partial charge in [0.05, 0.1) is 12.2 Å². The fourth-order valence-electron chi connectivity index (χ4n) is 2.59. The maximum Gasteiger partial charge on any atom is 0.270 e. The van der Waals surface area contributed by atoms with Crippen LogP contribution in [0.25, 0.3) is 11.3 Å². The minimum Gasteiger partial charge on any atom is -0.340 e. The first-order valence-electron chi connectivity index (χ1n) is 8.62. The molecule has 0 bridgehead atoms. The first-order chi connectivity index (χ1) is 13.4. The maximum atomic E-state index is 13.0. The van der Waals surface area contributed by atoms with Gasteiger partial charge in [0.25, 0.3) is 5.91 Å². The van der Waals surface area contributed by atoms with Gasteiger partial charge in [-0.25, -0.2) is 4.39 Å². The van der Waals surface area contributed by atoms with E-state index in [4.69, 9.17) is 0 Å². The fourth-order valence-corrected chi connectivity index (χ4v) is 2.59. The lowest BCUT2D eigenvalue weighted by molar-refractivity contribution is 0.0948. The maximum absolute atomic E-state index is 13.0. The van der Waals surface area contributed by atoms with Crippen molar-refractivity contribution in [2.75, 3.05) is 6.54 Å². The Bertz CT molecular complexity index is 1070. The van der Waals surface area contributed by atoms with Crippen LogP contribution in [0.4, 0.5) is 4.39 Å². The van der Waals surface area contributed by atoms with Crippen molar-refractivity contribution in [2.45, 2.75) is 6.92 Å². The fraction of sp³-hybridized carbons (Fsp3) is 0.136. The minimum absolute atomic E-state index is 0.00274.